The Kier molecular flexibility index (Phi) is 4.77. The lowest BCUT2D eigenvalue weighted by atomic mass is 10.1. The number of pyridine rings is 1. The number of aromatic nitrogens is 1. The minimum absolute atomic E-state index is 0.616. The van der Waals surface area contributed by atoms with Crippen molar-refractivity contribution in [3.8, 4) is 0 Å². The van der Waals surface area contributed by atoms with E-state index in [2.05, 4.69) is 16.0 Å². The second-order valence-corrected chi connectivity index (χ2v) is 4.87. The Morgan fingerprint density at radius 2 is 2.05 bits per heavy atom. The van der Waals surface area contributed by atoms with Crippen molar-refractivity contribution in [2.45, 2.75) is 13.0 Å². The van der Waals surface area contributed by atoms with Crippen molar-refractivity contribution < 1.29 is 0 Å². The molecule has 0 saturated heterocycles. The molecule has 0 aliphatic heterocycles. The van der Waals surface area contributed by atoms with E-state index in [0.29, 0.717) is 6.54 Å². The normalized spacial score (nSPS) is 10.5. The van der Waals surface area contributed by atoms with Crippen LogP contribution in [0.25, 0.3) is 0 Å². The first kappa shape index (κ1) is 13.8. The van der Waals surface area contributed by atoms with E-state index in [1.165, 1.54) is 5.56 Å². The summed E-state index contributed by atoms with van der Waals surface area (Å²) >= 11 is 6.32. The van der Waals surface area contributed by atoms with Crippen LogP contribution < -0.4 is 10.6 Å². The molecule has 0 bridgehead atoms. The molecule has 1 aromatic heterocycles. The molecular weight excluding hydrogens is 258 g/mol. The summed E-state index contributed by atoms with van der Waals surface area (Å²) in [7, 11) is 2.02. The summed E-state index contributed by atoms with van der Waals surface area (Å²) in [6.45, 7) is 1.34. The van der Waals surface area contributed by atoms with Crippen molar-refractivity contribution in [3.05, 3.63) is 58.9 Å². The fourth-order valence-corrected chi connectivity index (χ4v) is 2.50. The molecule has 2 aromatic rings. The number of hydrogen-bond acceptors (Lipinski definition) is 3. The van der Waals surface area contributed by atoms with Gasteiger partial charge in [0.1, 0.15) is 0 Å². The summed E-state index contributed by atoms with van der Waals surface area (Å²) < 4.78 is 0. The number of hydrogen-bond donors (Lipinski definition) is 1. The maximum absolute atomic E-state index is 6.32. The van der Waals surface area contributed by atoms with Crippen molar-refractivity contribution in [2.75, 3.05) is 18.5 Å². The Morgan fingerprint density at radius 1 is 1.21 bits per heavy atom. The molecular formula is C15H18ClN3. The van der Waals surface area contributed by atoms with Gasteiger partial charge in [-0.05, 0) is 36.7 Å². The number of nitrogens with two attached hydrogens (primary N) is 1. The lowest BCUT2D eigenvalue weighted by Gasteiger charge is -2.23. The highest BCUT2D eigenvalue weighted by Crippen LogP contribution is 2.30. The molecule has 19 heavy (non-hydrogen) atoms. The van der Waals surface area contributed by atoms with E-state index in [4.69, 9.17) is 17.3 Å². The third-order valence-corrected chi connectivity index (χ3v) is 3.30. The molecule has 0 fully saturated rings. The van der Waals surface area contributed by atoms with E-state index in [1.807, 2.05) is 37.4 Å². The molecule has 0 atom stereocenters. The third-order valence-electron chi connectivity index (χ3n) is 2.99. The topological polar surface area (TPSA) is 42.2 Å². The van der Waals surface area contributed by atoms with Crippen LogP contribution in [0, 0.1) is 0 Å². The molecule has 2 N–H and O–H groups in total. The number of anilines is 1. The first-order chi connectivity index (χ1) is 9.22. The monoisotopic (exact) mass is 275 g/mol. The van der Waals surface area contributed by atoms with E-state index in [9.17, 15) is 0 Å². The Morgan fingerprint density at radius 3 is 2.74 bits per heavy atom. The summed E-state index contributed by atoms with van der Waals surface area (Å²) in [4.78, 5) is 6.46. The molecule has 4 heteroatoms. The highest BCUT2D eigenvalue weighted by atomic mass is 35.5. The SMILES string of the molecule is CN(Cc1ccccn1)c1c(Cl)cccc1CCN. The summed E-state index contributed by atoms with van der Waals surface area (Å²) in [5.41, 5.74) is 8.89. The van der Waals surface area contributed by atoms with Crippen LogP contribution >= 0.6 is 11.6 Å². The van der Waals surface area contributed by atoms with Gasteiger partial charge in [-0.3, -0.25) is 4.98 Å². The van der Waals surface area contributed by atoms with Gasteiger partial charge in [0.25, 0.3) is 0 Å². The predicted molar refractivity (Wildman–Crippen MR) is 80.6 cm³/mol. The third kappa shape index (κ3) is 3.46. The van der Waals surface area contributed by atoms with Crippen LogP contribution in [0.1, 0.15) is 11.3 Å². The van der Waals surface area contributed by atoms with Crippen molar-refractivity contribution in [2.24, 2.45) is 5.73 Å². The van der Waals surface area contributed by atoms with Gasteiger partial charge < -0.3 is 10.6 Å². The zero-order valence-corrected chi connectivity index (χ0v) is 11.8. The molecule has 0 unspecified atom stereocenters. The van der Waals surface area contributed by atoms with Gasteiger partial charge in [-0.2, -0.15) is 0 Å². The van der Waals surface area contributed by atoms with Gasteiger partial charge in [-0.15, -0.1) is 0 Å². The Bertz CT molecular complexity index is 528. The number of benzene rings is 1. The summed E-state index contributed by atoms with van der Waals surface area (Å²) in [6.07, 6.45) is 2.62. The van der Waals surface area contributed by atoms with E-state index < -0.39 is 0 Å². The van der Waals surface area contributed by atoms with Crippen LogP contribution in [0.4, 0.5) is 5.69 Å². The second-order valence-electron chi connectivity index (χ2n) is 4.46. The van der Waals surface area contributed by atoms with Crippen molar-refractivity contribution >= 4 is 17.3 Å². The average Bonchev–Trinajstić information content (AvgIpc) is 2.40. The molecule has 0 saturated carbocycles. The van der Waals surface area contributed by atoms with Gasteiger partial charge in [-0.25, -0.2) is 0 Å². The van der Waals surface area contributed by atoms with Gasteiger partial charge >= 0.3 is 0 Å². The molecule has 0 amide bonds. The summed E-state index contributed by atoms with van der Waals surface area (Å²) in [5.74, 6) is 0. The van der Waals surface area contributed by atoms with Crippen molar-refractivity contribution in [1.29, 1.82) is 0 Å². The first-order valence-electron chi connectivity index (χ1n) is 6.31. The lowest BCUT2D eigenvalue weighted by Crippen LogP contribution is -2.20. The predicted octanol–water partition coefficient (Wildman–Crippen LogP) is 2.87. The van der Waals surface area contributed by atoms with Gasteiger partial charge in [-0.1, -0.05) is 29.8 Å². The van der Waals surface area contributed by atoms with E-state index in [-0.39, 0.29) is 0 Å². The maximum atomic E-state index is 6.32. The molecule has 1 aromatic carbocycles. The first-order valence-corrected chi connectivity index (χ1v) is 6.68. The minimum Gasteiger partial charge on any atom is -0.367 e. The fourth-order valence-electron chi connectivity index (χ4n) is 2.16. The van der Waals surface area contributed by atoms with Gasteiger partial charge in [0.2, 0.25) is 0 Å². The van der Waals surface area contributed by atoms with Crippen LogP contribution in [0.3, 0.4) is 0 Å². The van der Waals surface area contributed by atoms with E-state index in [0.717, 1.165) is 29.4 Å². The molecule has 0 aliphatic carbocycles. The largest absolute Gasteiger partial charge is 0.367 e. The standard InChI is InChI=1S/C15H18ClN3/c1-19(11-13-6-2-3-10-18-13)15-12(8-9-17)5-4-7-14(15)16/h2-7,10H,8-9,11,17H2,1H3. The highest BCUT2D eigenvalue weighted by molar-refractivity contribution is 6.33. The number of para-hydroxylation sites is 1. The van der Waals surface area contributed by atoms with Gasteiger partial charge in [0.15, 0.2) is 0 Å². The maximum Gasteiger partial charge on any atom is 0.0642 e. The van der Waals surface area contributed by atoms with Gasteiger partial charge in [0.05, 0.1) is 22.9 Å². The zero-order valence-electron chi connectivity index (χ0n) is 11.0. The van der Waals surface area contributed by atoms with Gasteiger partial charge in [0, 0.05) is 13.2 Å². The van der Waals surface area contributed by atoms with Crippen LogP contribution in [0.5, 0.6) is 0 Å². The number of nitrogens with zero attached hydrogens (tertiary/aromatic N) is 2. The minimum atomic E-state index is 0.616. The molecule has 100 valence electrons. The van der Waals surface area contributed by atoms with E-state index >= 15 is 0 Å². The quantitative estimate of drug-likeness (QED) is 0.912. The molecule has 0 spiro atoms. The fraction of sp³-hybridized carbons (Fsp3) is 0.267. The zero-order chi connectivity index (χ0) is 13.7. The average molecular weight is 276 g/mol. The summed E-state index contributed by atoms with van der Waals surface area (Å²) in [5, 5.41) is 0.754. The van der Waals surface area contributed by atoms with Crippen LogP contribution in [0.15, 0.2) is 42.6 Å². The molecule has 1 heterocycles. The molecule has 3 nitrogen and oxygen atoms in total. The van der Waals surface area contributed by atoms with Crippen LogP contribution in [0.2, 0.25) is 5.02 Å². The molecule has 0 aliphatic rings. The number of rotatable bonds is 5. The Balaban J connectivity index is 2.25. The summed E-state index contributed by atoms with van der Waals surface area (Å²) in [6, 6.07) is 11.9. The second kappa shape index (κ2) is 6.55. The Hall–Kier alpha value is -1.58. The van der Waals surface area contributed by atoms with E-state index in [1.54, 1.807) is 6.20 Å². The number of halogens is 1. The smallest absolute Gasteiger partial charge is 0.0642 e. The van der Waals surface area contributed by atoms with Crippen LogP contribution in [-0.2, 0) is 13.0 Å². The highest BCUT2D eigenvalue weighted by Gasteiger charge is 2.12. The van der Waals surface area contributed by atoms with Crippen molar-refractivity contribution in [1.82, 2.24) is 4.98 Å². The molecule has 2 rings (SSSR count). The molecule has 0 radical (unpaired) electrons. The van der Waals surface area contributed by atoms with Crippen molar-refractivity contribution in [3.63, 3.8) is 0 Å². The Labute approximate surface area is 119 Å². The van der Waals surface area contributed by atoms with Crippen LogP contribution in [-0.4, -0.2) is 18.6 Å². The lowest BCUT2D eigenvalue weighted by molar-refractivity contribution is 0.866.